The van der Waals surface area contributed by atoms with E-state index < -0.39 is 16.1 Å². The van der Waals surface area contributed by atoms with Crippen LogP contribution in [0.5, 0.6) is 5.75 Å². The molecule has 0 aliphatic carbocycles. The van der Waals surface area contributed by atoms with E-state index in [4.69, 9.17) is 9.15 Å². The number of nitrogens with one attached hydrogen (secondary N) is 1. The van der Waals surface area contributed by atoms with Gasteiger partial charge < -0.3 is 14.5 Å². The zero-order chi connectivity index (χ0) is 16.6. The van der Waals surface area contributed by atoms with Crippen molar-refractivity contribution < 1.29 is 22.4 Å². The van der Waals surface area contributed by atoms with Gasteiger partial charge in [-0.15, -0.1) is 0 Å². The van der Waals surface area contributed by atoms with Gasteiger partial charge in [0.25, 0.3) is 5.91 Å². The van der Waals surface area contributed by atoms with E-state index in [1.807, 2.05) is 0 Å². The fourth-order valence-electron chi connectivity index (χ4n) is 2.24. The predicted molar refractivity (Wildman–Crippen MR) is 82.5 cm³/mol. The van der Waals surface area contributed by atoms with Crippen molar-refractivity contribution in [2.75, 3.05) is 12.4 Å². The van der Waals surface area contributed by atoms with Crippen molar-refractivity contribution in [2.45, 2.75) is 24.5 Å². The van der Waals surface area contributed by atoms with Crippen molar-refractivity contribution in [2.24, 2.45) is 0 Å². The lowest BCUT2D eigenvalue weighted by molar-refractivity contribution is -0.122. The van der Waals surface area contributed by atoms with Crippen LogP contribution >= 0.6 is 0 Å². The highest BCUT2D eigenvalue weighted by Crippen LogP contribution is 2.32. The van der Waals surface area contributed by atoms with Gasteiger partial charge in [0.05, 0.1) is 23.4 Å². The lowest BCUT2D eigenvalue weighted by Crippen LogP contribution is -2.34. The average molecular weight is 336 g/mol. The number of amides is 1. The minimum atomic E-state index is -3.71. The maximum absolute atomic E-state index is 12.6. The standard InChI is InChI=1S/C15H16N2O5S/c1-10-15(18)16-13-8-12(5-6-14(13)22-10)23(19,20)17(2)9-11-4-3-7-21-11/h3-8,10H,9H2,1-2H3,(H,16,18)/t10-/m1/s1. The van der Waals surface area contributed by atoms with Crippen LogP contribution in [0, 0.1) is 0 Å². The molecular weight excluding hydrogens is 320 g/mol. The van der Waals surface area contributed by atoms with Crippen LogP contribution in [0.1, 0.15) is 12.7 Å². The Morgan fingerprint density at radius 3 is 2.78 bits per heavy atom. The van der Waals surface area contributed by atoms with Crippen molar-refractivity contribution in [1.29, 1.82) is 0 Å². The van der Waals surface area contributed by atoms with Gasteiger partial charge in [-0.2, -0.15) is 4.31 Å². The number of fused-ring (bicyclic) bond motifs is 1. The molecule has 0 saturated carbocycles. The molecular formula is C15H16N2O5S. The van der Waals surface area contributed by atoms with E-state index in [1.165, 1.54) is 29.7 Å². The summed E-state index contributed by atoms with van der Waals surface area (Å²) in [4.78, 5) is 11.7. The Morgan fingerprint density at radius 2 is 2.09 bits per heavy atom. The third kappa shape index (κ3) is 2.95. The number of ether oxygens (including phenoxy) is 1. The molecule has 0 radical (unpaired) electrons. The van der Waals surface area contributed by atoms with Crippen LogP contribution in [0.3, 0.4) is 0 Å². The molecule has 1 amide bonds. The molecule has 0 spiro atoms. The highest BCUT2D eigenvalue weighted by Gasteiger charge is 2.27. The topological polar surface area (TPSA) is 88.8 Å². The summed E-state index contributed by atoms with van der Waals surface area (Å²) in [7, 11) is -2.25. The van der Waals surface area contributed by atoms with Crippen molar-refractivity contribution in [3.63, 3.8) is 0 Å². The molecule has 1 N–H and O–H groups in total. The summed E-state index contributed by atoms with van der Waals surface area (Å²) >= 11 is 0. The maximum Gasteiger partial charge on any atom is 0.265 e. The number of furan rings is 1. The van der Waals surface area contributed by atoms with E-state index in [0.29, 0.717) is 17.2 Å². The maximum atomic E-state index is 12.6. The quantitative estimate of drug-likeness (QED) is 0.920. The van der Waals surface area contributed by atoms with Crippen molar-refractivity contribution in [3.05, 3.63) is 42.4 Å². The summed E-state index contributed by atoms with van der Waals surface area (Å²) in [6, 6.07) is 7.79. The average Bonchev–Trinajstić information content (AvgIpc) is 3.00. The van der Waals surface area contributed by atoms with Gasteiger partial charge in [0.2, 0.25) is 10.0 Å². The van der Waals surface area contributed by atoms with Gasteiger partial charge in [-0.05, 0) is 37.3 Å². The summed E-state index contributed by atoms with van der Waals surface area (Å²) in [6.45, 7) is 1.74. The number of anilines is 1. The molecule has 8 heteroatoms. The summed E-state index contributed by atoms with van der Waals surface area (Å²) in [5, 5.41) is 2.64. The first kappa shape index (κ1) is 15.6. The number of hydrogen-bond acceptors (Lipinski definition) is 5. The summed E-state index contributed by atoms with van der Waals surface area (Å²) in [6.07, 6.45) is 0.884. The molecule has 1 aliphatic heterocycles. The third-order valence-corrected chi connectivity index (χ3v) is 5.35. The van der Waals surface area contributed by atoms with E-state index in [2.05, 4.69) is 5.32 Å². The zero-order valence-electron chi connectivity index (χ0n) is 12.6. The second-order valence-corrected chi connectivity index (χ2v) is 7.29. The van der Waals surface area contributed by atoms with Gasteiger partial charge in [0, 0.05) is 7.05 Å². The highest BCUT2D eigenvalue weighted by atomic mass is 32.2. The number of rotatable bonds is 4. The van der Waals surface area contributed by atoms with Crippen LogP contribution in [0.25, 0.3) is 0 Å². The number of hydrogen-bond donors (Lipinski definition) is 1. The molecule has 0 bridgehead atoms. The lowest BCUT2D eigenvalue weighted by atomic mass is 10.2. The Balaban J connectivity index is 1.88. The van der Waals surface area contributed by atoms with Gasteiger partial charge in [-0.25, -0.2) is 8.42 Å². The SMILES string of the molecule is C[C@H]1Oc2ccc(S(=O)(=O)N(C)Cc3ccco3)cc2NC1=O. The fraction of sp³-hybridized carbons (Fsp3) is 0.267. The second kappa shape index (κ2) is 5.71. The monoisotopic (exact) mass is 336 g/mol. The first-order valence-corrected chi connectivity index (χ1v) is 8.42. The van der Waals surface area contributed by atoms with Crippen molar-refractivity contribution >= 4 is 21.6 Å². The Morgan fingerprint density at radius 1 is 1.30 bits per heavy atom. The van der Waals surface area contributed by atoms with Crippen LogP contribution in [0.2, 0.25) is 0 Å². The predicted octanol–water partition coefficient (Wildman–Crippen LogP) is 1.82. The Labute approximate surface area is 133 Å². The van der Waals surface area contributed by atoms with Crippen LogP contribution in [-0.2, 0) is 21.4 Å². The van der Waals surface area contributed by atoms with E-state index in [-0.39, 0.29) is 17.3 Å². The van der Waals surface area contributed by atoms with E-state index in [9.17, 15) is 13.2 Å². The van der Waals surface area contributed by atoms with Crippen molar-refractivity contribution in [3.8, 4) is 5.75 Å². The molecule has 1 atom stereocenters. The van der Waals surface area contributed by atoms with Gasteiger partial charge >= 0.3 is 0 Å². The highest BCUT2D eigenvalue weighted by molar-refractivity contribution is 7.89. The smallest absolute Gasteiger partial charge is 0.265 e. The molecule has 1 aliphatic rings. The molecule has 0 fully saturated rings. The second-order valence-electron chi connectivity index (χ2n) is 5.25. The number of carbonyl (C=O) groups is 1. The number of sulfonamides is 1. The molecule has 0 unspecified atom stereocenters. The number of nitrogens with zero attached hydrogens (tertiary/aromatic N) is 1. The van der Waals surface area contributed by atoms with Gasteiger partial charge in [-0.3, -0.25) is 4.79 Å². The number of carbonyl (C=O) groups excluding carboxylic acids is 1. The summed E-state index contributed by atoms with van der Waals surface area (Å²) < 4.78 is 37.0. The van der Waals surface area contributed by atoms with E-state index in [0.717, 1.165) is 0 Å². The van der Waals surface area contributed by atoms with Gasteiger partial charge in [-0.1, -0.05) is 0 Å². The Kier molecular flexibility index (Phi) is 3.87. The normalized spacial score (nSPS) is 17.5. The minimum Gasteiger partial charge on any atom is -0.479 e. The fourth-order valence-corrected chi connectivity index (χ4v) is 3.40. The molecule has 3 rings (SSSR count). The first-order chi connectivity index (χ1) is 10.9. The van der Waals surface area contributed by atoms with E-state index in [1.54, 1.807) is 25.1 Å². The summed E-state index contributed by atoms with van der Waals surface area (Å²) in [5.74, 6) is 0.681. The molecule has 0 saturated heterocycles. The zero-order valence-corrected chi connectivity index (χ0v) is 13.5. The molecule has 122 valence electrons. The molecule has 23 heavy (non-hydrogen) atoms. The lowest BCUT2D eigenvalue weighted by Gasteiger charge is -2.24. The van der Waals surface area contributed by atoms with Crippen LogP contribution < -0.4 is 10.1 Å². The minimum absolute atomic E-state index is 0.0729. The Bertz CT molecular complexity index is 830. The molecule has 1 aromatic heterocycles. The first-order valence-electron chi connectivity index (χ1n) is 6.98. The van der Waals surface area contributed by atoms with Gasteiger partial charge in [0.1, 0.15) is 11.5 Å². The molecule has 1 aromatic carbocycles. The van der Waals surface area contributed by atoms with Crippen LogP contribution in [0.15, 0.2) is 45.9 Å². The van der Waals surface area contributed by atoms with Crippen molar-refractivity contribution in [1.82, 2.24) is 4.31 Å². The summed E-state index contributed by atoms with van der Waals surface area (Å²) in [5.41, 5.74) is 0.348. The largest absolute Gasteiger partial charge is 0.479 e. The molecule has 7 nitrogen and oxygen atoms in total. The van der Waals surface area contributed by atoms with Gasteiger partial charge in [0.15, 0.2) is 6.10 Å². The third-order valence-electron chi connectivity index (χ3n) is 3.55. The van der Waals surface area contributed by atoms with E-state index >= 15 is 0 Å². The number of benzene rings is 1. The van der Waals surface area contributed by atoms with Crippen LogP contribution in [-0.4, -0.2) is 31.8 Å². The molecule has 2 aromatic rings. The Hall–Kier alpha value is -2.32. The van der Waals surface area contributed by atoms with Crippen LogP contribution in [0.4, 0.5) is 5.69 Å². The molecule has 2 heterocycles.